The van der Waals surface area contributed by atoms with Gasteiger partial charge in [-0.2, -0.15) is 0 Å². The summed E-state index contributed by atoms with van der Waals surface area (Å²) in [5.74, 6) is -0.323. The van der Waals surface area contributed by atoms with Crippen LogP contribution in [0, 0.1) is 17.0 Å². The summed E-state index contributed by atoms with van der Waals surface area (Å²) in [6.45, 7) is 3.94. The van der Waals surface area contributed by atoms with Crippen LogP contribution in [0.15, 0.2) is 48.5 Å². The molecule has 170 valence electrons. The Labute approximate surface area is 187 Å². The number of piperidine rings is 1. The van der Waals surface area contributed by atoms with E-state index in [1.54, 1.807) is 18.2 Å². The standard InChI is InChI=1S/C25H30F2N4O/c26-20-8-3-1-6-18(20)15-30-12-5-10-25(16-30)11-13-31(17-25)24(32)23-14-22(28-29-23)19-7-2-4-9-21(19)27/h1-4,6-9,22-23,28-29H,5,10-17H2. The Morgan fingerprint density at radius 2 is 1.75 bits per heavy atom. The summed E-state index contributed by atoms with van der Waals surface area (Å²) in [7, 11) is 0. The molecule has 2 N–H and O–H groups in total. The third-order valence-electron chi connectivity index (χ3n) is 7.32. The van der Waals surface area contributed by atoms with Gasteiger partial charge in [0, 0.05) is 42.7 Å². The zero-order valence-corrected chi connectivity index (χ0v) is 18.2. The number of hydrogen-bond acceptors (Lipinski definition) is 4. The largest absolute Gasteiger partial charge is 0.341 e. The van der Waals surface area contributed by atoms with Crippen molar-refractivity contribution in [1.29, 1.82) is 0 Å². The average Bonchev–Trinajstić information content (AvgIpc) is 3.43. The molecule has 3 heterocycles. The summed E-state index contributed by atoms with van der Waals surface area (Å²) in [4.78, 5) is 17.5. The van der Waals surface area contributed by atoms with Crippen molar-refractivity contribution >= 4 is 5.91 Å². The molecule has 3 fully saturated rings. The second-order valence-corrected chi connectivity index (χ2v) is 9.57. The van der Waals surface area contributed by atoms with Crippen LogP contribution in [0.2, 0.25) is 0 Å². The van der Waals surface area contributed by atoms with Crippen LogP contribution in [0.25, 0.3) is 0 Å². The first kappa shape index (κ1) is 21.5. The maximum absolute atomic E-state index is 14.1. The highest BCUT2D eigenvalue weighted by molar-refractivity contribution is 5.82. The van der Waals surface area contributed by atoms with Crippen molar-refractivity contribution in [3.8, 4) is 0 Å². The Morgan fingerprint density at radius 3 is 2.56 bits per heavy atom. The molecule has 1 amide bonds. The second kappa shape index (κ2) is 8.89. The molecule has 32 heavy (non-hydrogen) atoms. The van der Waals surface area contributed by atoms with Gasteiger partial charge >= 0.3 is 0 Å². The highest BCUT2D eigenvalue weighted by Gasteiger charge is 2.45. The minimum absolute atomic E-state index is 0.0795. The lowest BCUT2D eigenvalue weighted by Gasteiger charge is -2.40. The fourth-order valence-corrected chi connectivity index (χ4v) is 5.67. The van der Waals surface area contributed by atoms with Crippen molar-refractivity contribution in [1.82, 2.24) is 20.7 Å². The van der Waals surface area contributed by atoms with Crippen LogP contribution in [0.5, 0.6) is 0 Å². The molecule has 1 spiro atoms. The first-order valence-corrected chi connectivity index (χ1v) is 11.5. The lowest BCUT2D eigenvalue weighted by molar-refractivity contribution is -0.132. The van der Waals surface area contributed by atoms with Crippen molar-refractivity contribution in [2.75, 3.05) is 26.2 Å². The first-order valence-electron chi connectivity index (χ1n) is 11.5. The number of hydrazine groups is 1. The zero-order chi connectivity index (χ0) is 22.1. The van der Waals surface area contributed by atoms with E-state index in [4.69, 9.17) is 0 Å². The molecule has 0 aromatic heterocycles. The van der Waals surface area contributed by atoms with Crippen LogP contribution in [0.3, 0.4) is 0 Å². The zero-order valence-electron chi connectivity index (χ0n) is 18.2. The molecule has 3 saturated heterocycles. The summed E-state index contributed by atoms with van der Waals surface area (Å²) in [5, 5.41) is 0. The van der Waals surface area contributed by atoms with Gasteiger partial charge in [-0.05, 0) is 44.4 Å². The number of nitrogens with zero attached hydrogens (tertiary/aromatic N) is 2. The quantitative estimate of drug-likeness (QED) is 0.765. The van der Waals surface area contributed by atoms with Crippen molar-refractivity contribution in [2.45, 2.75) is 44.3 Å². The molecule has 5 nitrogen and oxygen atoms in total. The van der Waals surface area contributed by atoms with E-state index in [2.05, 4.69) is 15.8 Å². The molecule has 5 rings (SSSR count). The van der Waals surface area contributed by atoms with E-state index >= 15 is 0 Å². The second-order valence-electron chi connectivity index (χ2n) is 9.57. The van der Waals surface area contributed by atoms with Crippen LogP contribution >= 0.6 is 0 Å². The summed E-state index contributed by atoms with van der Waals surface area (Å²) < 4.78 is 28.3. The fourth-order valence-electron chi connectivity index (χ4n) is 5.67. The summed E-state index contributed by atoms with van der Waals surface area (Å²) in [6, 6.07) is 13.1. The number of nitrogens with one attached hydrogen (secondary N) is 2. The fraction of sp³-hybridized carbons (Fsp3) is 0.480. The van der Waals surface area contributed by atoms with Crippen molar-refractivity contribution in [3.63, 3.8) is 0 Å². The van der Waals surface area contributed by atoms with Crippen LogP contribution < -0.4 is 10.9 Å². The molecule has 2 aromatic rings. The van der Waals surface area contributed by atoms with Gasteiger partial charge in [0.1, 0.15) is 17.7 Å². The molecule has 0 aliphatic carbocycles. The molecule has 0 radical (unpaired) electrons. The van der Waals surface area contributed by atoms with Crippen molar-refractivity contribution < 1.29 is 13.6 Å². The number of halogens is 2. The molecule has 3 aliphatic rings. The van der Waals surface area contributed by atoms with Gasteiger partial charge in [-0.15, -0.1) is 0 Å². The van der Waals surface area contributed by atoms with Gasteiger partial charge in [-0.1, -0.05) is 36.4 Å². The highest BCUT2D eigenvalue weighted by atomic mass is 19.1. The van der Waals surface area contributed by atoms with Gasteiger partial charge in [0.2, 0.25) is 5.91 Å². The Morgan fingerprint density at radius 1 is 0.969 bits per heavy atom. The van der Waals surface area contributed by atoms with Gasteiger partial charge in [-0.25, -0.2) is 19.6 Å². The van der Waals surface area contributed by atoms with Crippen LogP contribution in [-0.2, 0) is 11.3 Å². The molecular weight excluding hydrogens is 410 g/mol. The van der Waals surface area contributed by atoms with Gasteiger partial charge in [0.25, 0.3) is 0 Å². The molecule has 3 unspecified atom stereocenters. The predicted molar refractivity (Wildman–Crippen MR) is 118 cm³/mol. The predicted octanol–water partition coefficient (Wildman–Crippen LogP) is 3.39. The van der Waals surface area contributed by atoms with E-state index in [9.17, 15) is 13.6 Å². The lowest BCUT2D eigenvalue weighted by Crippen LogP contribution is -2.48. The maximum atomic E-state index is 14.1. The number of benzene rings is 2. The molecular formula is C25H30F2N4O. The molecule has 3 aliphatic heterocycles. The summed E-state index contributed by atoms with van der Waals surface area (Å²) in [5.41, 5.74) is 7.58. The normalized spacial score (nSPS) is 28.5. The smallest absolute Gasteiger partial charge is 0.241 e. The number of likely N-dealkylation sites (tertiary alicyclic amines) is 2. The van der Waals surface area contributed by atoms with Gasteiger partial charge < -0.3 is 4.90 Å². The van der Waals surface area contributed by atoms with Crippen LogP contribution in [0.4, 0.5) is 8.78 Å². The maximum Gasteiger partial charge on any atom is 0.241 e. The van der Waals surface area contributed by atoms with E-state index in [1.165, 1.54) is 12.1 Å². The third kappa shape index (κ3) is 4.29. The number of hydrogen-bond donors (Lipinski definition) is 2. The average molecular weight is 441 g/mol. The molecule has 7 heteroatoms. The van der Waals surface area contributed by atoms with Crippen molar-refractivity contribution in [3.05, 3.63) is 71.3 Å². The highest BCUT2D eigenvalue weighted by Crippen LogP contribution is 2.40. The molecule has 0 bridgehead atoms. The monoisotopic (exact) mass is 440 g/mol. The Bertz CT molecular complexity index is 986. The number of carbonyl (C=O) groups is 1. The van der Waals surface area contributed by atoms with Crippen LogP contribution in [0.1, 0.15) is 42.9 Å². The van der Waals surface area contributed by atoms with Gasteiger partial charge in [-0.3, -0.25) is 9.69 Å². The summed E-state index contributed by atoms with van der Waals surface area (Å²) in [6.07, 6.45) is 3.67. The Balaban J connectivity index is 1.20. The SMILES string of the molecule is O=C(C1CC(c2ccccc2F)NN1)N1CCC2(CCCN(Cc3ccccc3F)C2)C1. The molecule has 2 aromatic carbocycles. The van der Waals surface area contributed by atoms with E-state index in [1.807, 2.05) is 23.1 Å². The third-order valence-corrected chi connectivity index (χ3v) is 7.32. The molecule has 0 saturated carbocycles. The van der Waals surface area contributed by atoms with Gasteiger partial charge in [0.05, 0.1) is 6.04 Å². The van der Waals surface area contributed by atoms with E-state index in [0.29, 0.717) is 18.5 Å². The van der Waals surface area contributed by atoms with E-state index < -0.39 is 0 Å². The van der Waals surface area contributed by atoms with Crippen LogP contribution in [-0.4, -0.2) is 47.9 Å². The molecule has 3 atom stereocenters. The topological polar surface area (TPSA) is 47.6 Å². The van der Waals surface area contributed by atoms with E-state index in [-0.39, 0.29) is 35.0 Å². The van der Waals surface area contributed by atoms with E-state index in [0.717, 1.165) is 51.0 Å². The number of amides is 1. The summed E-state index contributed by atoms with van der Waals surface area (Å²) >= 11 is 0. The minimum Gasteiger partial charge on any atom is -0.341 e. The van der Waals surface area contributed by atoms with Crippen molar-refractivity contribution in [2.24, 2.45) is 5.41 Å². The lowest BCUT2D eigenvalue weighted by atomic mass is 9.79. The minimum atomic E-state index is -0.354. The van der Waals surface area contributed by atoms with Gasteiger partial charge in [0.15, 0.2) is 0 Å². The Kier molecular flexibility index (Phi) is 5.97. The first-order chi connectivity index (χ1) is 15.5. The number of rotatable bonds is 4. The Hall–Kier alpha value is -2.35. The number of carbonyl (C=O) groups excluding carboxylic acids is 1.